The number of carbonyl (C=O) groups is 1. The van der Waals surface area contributed by atoms with E-state index in [0.717, 1.165) is 11.3 Å². The highest BCUT2D eigenvalue weighted by molar-refractivity contribution is 7.91. The Morgan fingerprint density at radius 2 is 2.14 bits per heavy atom. The maximum atomic E-state index is 12.1. The zero-order chi connectivity index (χ0) is 14.9. The fourth-order valence-corrected chi connectivity index (χ4v) is 4.43. The van der Waals surface area contributed by atoms with Crippen molar-refractivity contribution in [3.05, 3.63) is 28.6 Å². The molecule has 1 aliphatic rings. The van der Waals surface area contributed by atoms with E-state index < -0.39 is 9.84 Å². The normalized spacial score (nSPS) is 18.5. The Bertz CT molecular complexity index is 721. The molecule has 0 atom stereocenters. The number of hydrogen-bond donors (Lipinski definition) is 2. The molecule has 112 valence electrons. The third kappa shape index (κ3) is 3.33. The van der Waals surface area contributed by atoms with Gasteiger partial charge in [0, 0.05) is 17.0 Å². The lowest BCUT2D eigenvalue weighted by Gasteiger charge is -2.22. The van der Waals surface area contributed by atoms with E-state index in [0.29, 0.717) is 18.5 Å². The van der Waals surface area contributed by atoms with Crippen molar-refractivity contribution in [1.82, 2.24) is 15.5 Å². The summed E-state index contributed by atoms with van der Waals surface area (Å²) in [6, 6.07) is 3.56. The molecule has 1 aliphatic heterocycles. The fourth-order valence-electron chi connectivity index (χ4n) is 2.29. The number of nitrogens with one attached hydrogen (secondary N) is 2. The maximum absolute atomic E-state index is 12.1. The van der Waals surface area contributed by atoms with Gasteiger partial charge < -0.3 is 5.32 Å². The van der Waals surface area contributed by atoms with Gasteiger partial charge in [0.25, 0.3) is 5.91 Å². The van der Waals surface area contributed by atoms with Gasteiger partial charge in [-0.1, -0.05) is 0 Å². The first-order valence-corrected chi connectivity index (χ1v) is 9.39. The minimum absolute atomic E-state index is 0.0890. The van der Waals surface area contributed by atoms with Gasteiger partial charge in [-0.2, -0.15) is 16.4 Å². The molecule has 21 heavy (non-hydrogen) atoms. The number of nitrogens with zero attached hydrogens (tertiary/aromatic N) is 1. The van der Waals surface area contributed by atoms with Crippen molar-refractivity contribution < 1.29 is 13.2 Å². The minimum Gasteiger partial charge on any atom is -0.348 e. The molecule has 0 radical (unpaired) electrons. The van der Waals surface area contributed by atoms with Gasteiger partial charge in [-0.25, -0.2) is 8.42 Å². The van der Waals surface area contributed by atoms with Gasteiger partial charge in [0.1, 0.15) is 15.5 Å². The molecule has 0 aromatic carbocycles. The van der Waals surface area contributed by atoms with E-state index in [1.54, 1.807) is 17.4 Å². The van der Waals surface area contributed by atoms with E-state index in [9.17, 15) is 13.2 Å². The van der Waals surface area contributed by atoms with Gasteiger partial charge in [0.15, 0.2) is 0 Å². The zero-order valence-electron chi connectivity index (χ0n) is 11.2. The van der Waals surface area contributed by atoms with Crippen LogP contribution in [0.1, 0.15) is 23.3 Å². The summed E-state index contributed by atoms with van der Waals surface area (Å²) in [4.78, 5) is 12.1. The lowest BCUT2D eigenvalue weighted by molar-refractivity contribution is 0.0929. The van der Waals surface area contributed by atoms with Crippen molar-refractivity contribution in [2.24, 2.45) is 0 Å². The lowest BCUT2D eigenvalue weighted by atomic mass is 10.1. The molecule has 2 N–H and O–H groups in total. The molecule has 2 aromatic heterocycles. The highest BCUT2D eigenvalue weighted by atomic mass is 32.2. The zero-order valence-corrected chi connectivity index (χ0v) is 12.8. The topological polar surface area (TPSA) is 91.9 Å². The number of thiophene rings is 1. The molecule has 0 unspecified atom stereocenters. The molecule has 2 aromatic rings. The number of rotatable bonds is 3. The molecule has 0 aliphatic carbocycles. The molecule has 6 nitrogen and oxygen atoms in total. The van der Waals surface area contributed by atoms with E-state index in [2.05, 4.69) is 15.5 Å². The third-order valence-electron chi connectivity index (χ3n) is 3.53. The van der Waals surface area contributed by atoms with Crippen molar-refractivity contribution in [3.63, 3.8) is 0 Å². The van der Waals surface area contributed by atoms with Crippen molar-refractivity contribution >= 4 is 27.1 Å². The summed E-state index contributed by atoms with van der Waals surface area (Å²) in [5.41, 5.74) is 2.09. The number of aromatic nitrogens is 2. The van der Waals surface area contributed by atoms with E-state index in [1.165, 1.54) is 0 Å². The van der Waals surface area contributed by atoms with Crippen molar-refractivity contribution in [3.8, 4) is 11.3 Å². The molecule has 3 rings (SSSR count). The fraction of sp³-hybridized carbons (Fsp3) is 0.385. The van der Waals surface area contributed by atoms with Gasteiger partial charge in [-0.05, 0) is 30.4 Å². The van der Waals surface area contributed by atoms with E-state index in [-0.39, 0.29) is 23.5 Å². The van der Waals surface area contributed by atoms with Crippen molar-refractivity contribution in [1.29, 1.82) is 0 Å². The summed E-state index contributed by atoms with van der Waals surface area (Å²) < 4.78 is 22.7. The molecule has 1 fully saturated rings. The van der Waals surface area contributed by atoms with Crippen LogP contribution in [0.2, 0.25) is 0 Å². The number of hydrogen-bond acceptors (Lipinski definition) is 5. The van der Waals surface area contributed by atoms with Gasteiger partial charge in [0.05, 0.1) is 17.2 Å². The van der Waals surface area contributed by atoms with E-state index in [1.807, 2.05) is 16.8 Å². The molecule has 0 saturated carbocycles. The van der Waals surface area contributed by atoms with Crippen LogP contribution >= 0.6 is 11.3 Å². The van der Waals surface area contributed by atoms with Gasteiger partial charge >= 0.3 is 0 Å². The monoisotopic (exact) mass is 325 g/mol. The number of sulfone groups is 1. The molecule has 1 saturated heterocycles. The number of H-pyrrole nitrogens is 1. The first kappa shape index (κ1) is 14.3. The summed E-state index contributed by atoms with van der Waals surface area (Å²) in [6.45, 7) is 0. The summed E-state index contributed by atoms with van der Waals surface area (Å²) in [5, 5.41) is 13.6. The quantitative estimate of drug-likeness (QED) is 0.893. The van der Waals surface area contributed by atoms with Crippen LogP contribution in [-0.4, -0.2) is 42.1 Å². The standard InChI is InChI=1S/C13H15N3O3S2/c17-13(14-10-2-5-21(18,19)6-3-10)12-7-11(15-16-12)9-1-4-20-8-9/h1,4,7-8,10H,2-3,5-6H2,(H,14,17)(H,15,16). The second kappa shape index (κ2) is 5.61. The minimum atomic E-state index is -2.91. The molecule has 8 heteroatoms. The van der Waals surface area contributed by atoms with Gasteiger partial charge in [-0.15, -0.1) is 0 Å². The molecule has 1 amide bonds. The number of amides is 1. The summed E-state index contributed by atoms with van der Waals surface area (Å²) >= 11 is 1.57. The average molecular weight is 325 g/mol. The van der Waals surface area contributed by atoms with Crippen molar-refractivity contribution in [2.45, 2.75) is 18.9 Å². The number of carbonyl (C=O) groups excluding carboxylic acids is 1. The van der Waals surface area contributed by atoms with Crippen molar-refractivity contribution in [2.75, 3.05) is 11.5 Å². The predicted molar refractivity (Wildman–Crippen MR) is 81.0 cm³/mol. The summed E-state index contributed by atoms with van der Waals surface area (Å²) in [7, 11) is -2.91. The smallest absolute Gasteiger partial charge is 0.269 e. The molecule has 0 bridgehead atoms. The largest absolute Gasteiger partial charge is 0.348 e. The maximum Gasteiger partial charge on any atom is 0.269 e. The molecular weight excluding hydrogens is 310 g/mol. The average Bonchev–Trinajstić information content (AvgIpc) is 3.10. The first-order valence-electron chi connectivity index (χ1n) is 6.63. The van der Waals surface area contributed by atoms with Crippen LogP contribution in [0.3, 0.4) is 0 Å². The second-order valence-corrected chi connectivity index (χ2v) is 8.16. The van der Waals surface area contributed by atoms with Crippen LogP contribution < -0.4 is 5.32 Å². The van der Waals surface area contributed by atoms with Crippen LogP contribution in [0.5, 0.6) is 0 Å². The second-order valence-electron chi connectivity index (χ2n) is 5.08. The first-order chi connectivity index (χ1) is 10.0. The van der Waals surface area contributed by atoms with Crippen LogP contribution in [0, 0.1) is 0 Å². The van der Waals surface area contributed by atoms with Crippen LogP contribution in [-0.2, 0) is 9.84 Å². The highest BCUT2D eigenvalue weighted by Gasteiger charge is 2.25. The van der Waals surface area contributed by atoms with Gasteiger partial charge in [0.2, 0.25) is 0 Å². The summed E-state index contributed by atoms with van der Waals surface area (Å²) in [6.07, 6.45) is 0.944. The molecular formula is C13H15N3O3S2. The van der Waals surface area contributed by atoms with Crippen LogP contribution in [0.15, 0.2) is 22.9 Å². The molecule has 0 spiro atoms. The summed E-state index contributed by atoms with van der Waals surface area (Å²) in [5.74, 6) is 0.0376. The van der Waals surface area contributed by atoms with E-state index >= 15 is 0 Å². The Kier molecular flexibility index (Phi) is 3.81. The molecule has 3 heterocycles. The van der Waals surface area contributed by atoms with E-state index in [4.69, 9.17) is 0 Å². The Hall–Kier alpha value is -1.67. The van der Waals surface area contributed by atoms with Crippen LogP contribution in [0.25, 0.3) is 11.3 Å². The third-order valence-corrected chi connectivity index (χ3v) is 5.93. The lowest BCUT2D eigenvalue weighted by Crippen LogP contribution is -2.40. The SMILES string of the molecule is O=C(NC1CCS(=O)(=O)CC1)c1cc(-c2ccsc2)n[nH]1. The Labute approximate surface area is 126 Å². The Morgan fingerprint density at radius 3 is 2.81 bits per heavy atom. The van der Waals surface area contributed by atoms with Gasteiger partial charge in [-0.3, -0.25) is 9.89 Å². The highest BCUT2D eigenvalue weighted by Crippen LogP contribution is 2.20. The number of aromatic amines is 1. The Morgan fingerprint density at radius 1 is 1.38 bits per heavy atom. The Balaban J connectivity index is 1.64. The van der Waals surface area contributed by atoms with Crippen LogP contribution in [0.4, 0.5) is 0 Å². The predicted octanol–water partition coefficient (Wildman–Crippen LogP) is 1.45.